The number of alkyl halides is 3. The van der Waals surface area contributed by atoms with E-state index in [1.165, 1.54) is 12.1 Å². The number of β-amino-alcohol motifs (C(OH)–C–C–N with tert-alkyl or cyclic N) is 1. The predicted molar refractivity (Wildman–Crippen MR) is 78.9 cm³/mol. The van der Waals surface area contributed by atoms with Crippen molar-refractivity contribution in [3.05, 3.63) is 35.4 Å². The number of benzene rings is 1. The molecule has 7 heteroatoms. The van der Waals surface area contributed by atoms with Gasteiger partial charge in [0.1, 0.15) is 0 Å². The molecule has 3 rings (SSSR count). The quantitative estimate of drug-likeness (QED) is 0.913. The van der Waals surface area contributed by atoms with Gasteiger partial charge in [0.05, 0.1) is 24.9 Å². The summed E-state index contributed by atoms with van der Waals surface area (Å²) in [5.74, 6) is 0. The lowest BCUT2D eigenvalue weighted by Crippen LogP contribution is -2.48. The lowest BCUT2D eigenvalue weighted by atomic mass is 10.1. The van der Waals surface area contributed by atoms with Crippen LogP contribution in [0.4, 0.5) is 13.2 Å². The summed E-state index contributed by atoms with van der Waals surface area (Å²) in [7, 11) is 0. The SMILES string of the molecule is O[C@@H]1CN(Cc2ccccc2C(F)(F)F)C[C@H]1N1CCOCC1. The molecule has 23 heavy (non-hydrogen) atoms. The van der Waals surface area contributed by atoms with E-state index in [1.54, 1.807) is 6.07 Å². The number of morpholine rings is 1. The zero-order valence-electron chi connectivity index (χ0n) is 12.8. The van der Waals surface area contributed by atoms with Gasteiger partial charge in [-0.15, -0.1) is 0 Å². The van der Waals surface area contributed by atoms with E-state index in [2.05, 4.69) is 4.90 Å². The van der Waals surface area contributed by atoms with Crippen molar-refractivity contribution in [1.29, 1.82) is 0 Å². The highest BCUT2D eigenvalue weighted by atomic mass is 19.4. The van der Waals surface area contributed by atoms with Crippen LogP contribution in [0, 0.1) is 0 Å². The van der Waals surface area contributed by atoms with Crippen LogP contribution >= 0.6 is 0 Å². The van der Waals surface area contributed by atoms with Crippen LogP contribution in [-0.4, -0.2) is 66.4 Å². The molecule has 0 unspecified atom stereocenters. The van der Waals surface area contributed by atoms with Crippen molar-refractivity contribution in [2.24, 2.45) is 0 Å². The number of likely N-dealkylation sites (tertiary alicyclic amines) is 1. The third kappa shape index (κ3) is 3.85. The lowest BCUT2D eigenvalue weighted by Gasteiger charge is -2.33. The normalized spacial score (nSPS) is 27.5. The van der Waals surface area contributed by atoms with E-state index in [-0.39, 0.29) is 18.2 Å². The monoisotopic (exact) mass is 330 g/mol. The lowest BCUT2D eigenvalue weighted by molar-refractivity contribution is -0.138. The number of rotatable bonds is 3. The Balaban J connectivity index is 1.68. The molecule has 2 heterocycles. The zero-order valence-corrected chi connectivity index (χ0v) is 12.8. The Morgan fingerprint density at radius 3 is 2.52 bits per heavy atom. The third-order valence-electron chi connectivity index (χ3n) is 4.57. The molecule has 128 valence electrons. The number of hydrogen-bond acceptors (Lipinski definition) is 4. The van der Waals surface area contributed by atoms with E-state index in [4.69, 9.17) is 4.74 Å². The molecule has 0 saturated carbocycles. The van der Waals surface area contributed by atoms with E-state index < -0.39 is 17.8 Å². The molecule has 1 N–H and O–H groups in total. The molecule has 2 aliphatic heterocycles. The van der Waals surface area contributed by atoms with Crippen molar-refractivity contribution in [3.63, 3.8) is 0 Å². The minimum absolute atomic E-state index is 0.0306. The van der Waals surface area contributed by atoms with Crippen LogP contribution in [0.2, 0.25) is 0 Å². The zero-order chi connectivity index (χ0) is 16.4. The highest BCUT2D eigenvalue weighted by molar-refractivity contribution is 5.29. The summed E-state index contributed by atoms with van der Waals surface area (Å²) < 4.78 is 44.5. The van der Waals surface area contributed by atoms with Crippen molar-refractivity contribution >= 4 is 0 Å². The summed E-state index contributed by atoms with van der Waals surface area (Å²) in [5.41, 5.74) is -0.334. The van der Waals surface area contributed by atoms with E-state index in [0.717, 1.165) is 19.2 Å². The van der Waals surface area contributed by atoms with Crippen LogP contribution in [-0.2, 0) is 17.5 Å². The number of aliphatic hydroxyl groups excluding tert-OH is 1. The van der Waals surface area contributed by atoms with Crippen molar-refractivity contribution in [2.75, 3.05) is 39.4 Å². The van der Waals surface area contributed by atoms with Crippen molar-refractivity contribution in [1.82, 2.24) is 9.80 Å². The number of ether oxygens (including phenoxy) is 1. The van der Waals surface area contributed by atoms with E-state index in [1.807, 2.05) is 4.90 Å². The summed E-state index contributed by atoms with van der Waals surface area (Å²) in [6.45, 7) is 3.97. The molecule has 0 aliphatic carbocycles. The number of hydrogen-bond donors (Lipinski definition) is 1. The maximum Gasteiger partial charge on any atom is 0.416 e. The molecule has 1 aromatic carbocycles. The molecule has 2 atom stereocenters. The Hall–Kier alpha value is -1.15. The van der Waals surface area contributed by atoms with Gasteiger partial charge in [-0.05, 0) is 11.6 Å². The molecule has 2 saturated heterocycles. The Morgan fingerprint density at radius 1 is 1.13 bits per heavy atom. The molecule has 2 fully saturated rings. The predicted octanol–water partition coefficient (Wildman–Crippen LogP) is 1.58. The van der Waals surface area contributed by atoms with Gasteiger partial charge in [-0.1, -0.05) is 18.2 Å². The summed E-state index contributed by atoms with van der Waals surface area (Å²) >= 11 is 0. The summed E-state index contributed by atoms with van der Waals surface area (Å²) in [5, 5.41) is 10.3. The van der Waals surface area contributed by atoms with Gasteiger partial charge < -0.3 is 9.84 Å². The fourth-order valence-corrected chi connectivity index (χ4v) is 3.42. The van der Waals surface area contributed by atoms with Crippen LogP contribution in [0.15, 0.2) is 24.3 Å². The average Bonchev–Trinajstić information content (AvgIpc) is 2.88. The largest absolute Gasteiger partial charge is 0.416 e. The standard InChI is InChI=1S/C16H21F3N2O2/c17-16(18,19)13-4-2-1-3-12(13)9-20-10-14(15(22)11-20)21-5-7-23-8-6-21/h1-4,14-15,22H,5-11H2/t14-,15-/m1/s1. The topological polar surface area (TPSA) is 35.9 Å². The summed E-state index contributed by atoms with van der Waals surface area (Å²) in [4.78, 5) is 4.07. The molecule has 1 aromatic rings. The number of halogens is 3. The van der Waals surface area contributed by atoms with E-state index in [0.29, 0.717) is 26.3 Å². The maximum absolute atomic E-state index is 13.1. The van der Waals surface area contributed by atoms with Crippen molar-refractivity contribution < 1.29 is 23.0 Å². The van der Waals surface area contributed by atoms with Gasteiger partial charge in [0.25, 0.3) is 0 Å². The minimum atomic E-state index is -4.35. The van der Waals surface area contributed by atoms with Crippen LogP contribution < -0.4 is 0 Å². The van der Waals surface area contributed by atoms with Gasteiger partial charge in [-0.2, -0.15) is 13.2 Å². The molecule has 0 amide bonds. The van der Waals surface area contributed by atoms with Crippen LogP contribution in [0.1, 0.15) is 11.1 Å². The van der Waals surface area contributed by atoms with E-state index >= 15 is 0 Å². The maximum atomic E-state index is 13.1. The van der Waals surface area contributed by atoms with Crippen LogP contribution in [0.25, 0.3) is 0 Å². The Morgan fingerprint density at radius 2 is 1.83 bits per heavy atom. The Labute approximate surface area is 133 Å². The first-order chi connectivity index (χ1) is 10.9. The molecule has 0 bridgehead atoms. The van der Waals surface area contributed by atoms with Crippen LogP contribution in [0.5, 0.6) is 0 Å². The highest BCUT2D eigenvalue weighted by Crippen LogP contribution is 2.33. The van der Waals surface area contributed by atoms with E-state index in [9.17, 15) is 18.3 Å². The van der Waals surface area contributed by atoms with Crippen LogP contribution in [0.3, 0.4) is 0 Å². The molecular formula is C16H21F3N2O2. The average molecular weight is 330 g/mol. The van der Waals surface area contributed by atoms with Gasteiger partial charge in [0, 0.05) is 38.8 Å². The number of aliphatic hydroxyl groups is 1. The molecule has 0 radical (unpaired) electrons. The van der Waals surface area contributed by atoms with Gasteiger partial charge in [0.15, 0.2) is 0 Å². The van der Waals surface area contributed by atoms with Gasteiger partial charge in [0.2, 0.25) is 0 Å². The first-order valence-electron chi connectivity index (χ1n) is 7.82. The minimum Gasteiger partial charge on any atom is -0.390 e. The Kier molecular flexibility index (Phi) is 4.91. The second-order valence-electron chi connectivity index (χ2n) is 6.13. The Bertz CT molecular complexity index is 532. The molecule has 0 spiro atoms. The highest BCUT2D eigenvalue weighted by Gasteiger charge is 2.38. The summed E-state index contributed by atoms with van der Waals surface area (Å²) in [6.07, 6.45) is -4.88. The van der Waals surface area contributed by atoms with Gasteiger partial charge >= 0.3 is 6.18 Å². The van der Waals surface area contributed by atoms with Crippen molar-refractivity contribution in [3.8, 4) is 0 Å². The van der Waals surface area contributed by atoms with Crippen molar-refractivity contribution in [2.45, 2.75) is 24.9 Å². The van der Waals surface area contributed by atoms with Gasteiger partial charge in [-0.25, -0.2) is 0 Å². The fraction of sp³-hybridized carbons (Fsp3) is 0.625. The molecule has 2 aliphatic rings. The smallest absolute Gasteiger partial charge is 0.390 e. The first-order valence-corrected chi connectivity index (χ1v) is 7.82. The third-order valence-corrected chi connectivity index (χ3v) is 4.57. The first kappa shape index (κ1) is 16.7. The second-order valence-corrected chi connectivity index (χ2v) is 6.13. The molecule has 0 aromatic heterocycles. The number of nitrogens with zero attached hydrogens (tertiary/aromatic N) is 2. The summed E-state index contributed by atoms with van der Waals surface area (Å²) in [6, 6.07) is 5.62. The second kappa shape index (κ2) is 6.76. The van der Waals surface area contributed by atoms with Gasteiger partial charge in [-0.3, -0.25) is 9.80 Å². The fourth-order valence-electron chi connectivity index (χ4n) is 3.42. The molecular weight excluding hydrogens is 309 g/mol. The molecule has 4 nitrogen and oxygen atoms in total.